The molecule has 0 saturated carbocycles. The van der Waals surface area contributed by atoms with Gasteiger partial charge in [-0.1, -0.05) is 6.92 Å². The average molecular weight is 242 g/mol. The molecule has 0 aromatic carbocycles. The molecule has 0 aromatic rings. The van der Waals surface area contributed by atoms with Crippen LogP contribution in [-0.2, 0) is 4.74 Å². The van der Waals surface area contributed by atoms with E-state index in [1.165, 1.54) is 25.8 Å². The Kier molecular flexibility index (Phi) is 7.09. The molecule has 17 heavy (non-hydrogen) atoms. The first kappa shape index (κ1) is 14.9. The van der Waals surface area contributed by atoms with E-state index in [-0.39, 0.29) is 0 Å². The molecule has 0 radical (unpaired) electrons. The molecule has 0 aliphatic carbocycles. The highest BCUT2D eigenvalue weighted by Crippen LogP contribution is 2.16. The molecule has 3 nitrogen and oxygen atoms in total. The van der Waals surface area contributed by atoms with Crippen molar-refractivity contribution >= 4 is 0 Å². The zero-order valence-corrected chi connectivity index (χ0v) is 12.0. The standard InChI is InChI=1S/C14H30N2O/c1-5-15-12(2)9-13(3)16(4)10-14-7-6-8-17-11-14/h12-15H,5-11H2,1-4H3. The van der Waals surface area contributed by atoms with Gasteiger partial charge in [-0.3, -0.25) is 0 Å². The second kappa shape index (κ2) is 8.06. The largest absolute Gasteiger partial charge is 0.381 e. The van der Waals surface area contributed by atoms with Crippen LogP contribution in [0, 0.1) is 5.92 Å². The Morgan fingerprint density at radius 3 is 2.76 bits per heavy atom. The van der Waals surface area contributed by atoms with Gasteiger partial charge < -0.3 is 15.0 Å². The molecular weight excluding hydrogens is 212 g/mol. The molecule has 3 atom stereocenters. The number of ether oxygens (including phenoxy) is 1. The zero-order chi connectivity index (χ0) is 12.7. The van der Waals surface area contributed by atoms with E-state index < -0.39 is 0 Å². The van der Waals surface area contributed by atoms with Crippen LogP contribution in [0.15, 0.2) is 0 Å². The number of nitrogens with one attached hydrogen (secondary N) is 1. The summed E-state index contributed by atoms with van der Waals surface area (Å²) in [5.41, 5.74) is 0. The lowest BCUT2D eigenvalue weighted by molar-refractivity contribution is 0.0362. The van der Waals surface area contributed by atoms with Crippen LogP contribution in [0.5, 0.6) is 0 Å². The van der Waals surface area contributed by atoms with Crippen molar-refractivity contribution in [3.8, 4) is 0 Å². The van der Waals surface area contributed by atoms with Gasteiger partial charge in [-0.15, -0.1) is 0 Å². The van der Waals surface area contributed by atoms with Crippen molar-refractivity contribution in [2.45, 2.75) is 52.1 Å². The van der Waals surface area contributed by atoms with Crippen LogP contribution in [0.25, 0.3) is 0 Å². The van der Waals surface area contributed by atoms with Gasteiger partial charge in [0, 0.05) is 25.2 Å². The van der Waals surface area contributed by atoms with Gasteiger partial charge in [-0.2, -0.15) is 0 Å². The molecule has 0 amide bonds. The third-order valence-electron chi connectivity index (χ3n) is 3.80. The molecular formula is C14H30N2O. The molecule has 1 aliphatic rings. The number of hydrogen-bond acceptors (Lipinski definition) is 3. The van der Waals surface area contributed by atoms with E-state index in [1.54, 1.807) is 0 Å². The molecule has 3 unspecified atom stereocenters. The van der Waals surface area contributed by atoms with Crippen LogP contribution >= 0.6 is 0 Å². The van der Waals surface area contributed by atoms with Crippen LogP contribution in [-0.4, -0.2) is 50.3 Å². The van der Waals surface area contributed by atoms with Gasteiger partial charge >= 0.3 is 0 Å². The maximum absolute atomic E-state index is 5.54. The lowest BCUT2D eigenvalue weighted by Crippen LogP contribution is -2.40. The SMILES string of the molecule is CCNC(C)CC(C)N(C)CC1CCCOC1. The van der Waals surface area contributed by atoms with Crippen LogP contribution < -0.4 is 5.32 Å². The van der Waals surface area contributed by atoms with E-state index >= 15 is 0 Å². The molecule has 1 aliphatic heterocycles. The fraction of sp³-hybridized carbons (Fsp3) is 1.00. The zero-order valence-electron chi connectivity index (χ0n) is 12.0. The normalized spacial score (nSPS) is 24.9. The Balaban J connectivity index is 2.22. The Bertz CT molecular complexity index is 193. The third kappa shape index (κ3) is 5.84. The first-order valence-corrected chi connectivity index (χ1v) is 7.14. The summed E-state index contributed by atoms with van der Waals surface area (Å²) in [5.74, 6) is 0.741. The fourth-order valence-electron chi connectivity index (χ4n) is 2.66. The maximum atomic E-state index is 5.54. The molecule has 0 bridgehead atoms. The van der Waals surface area contributed by atoms with Gasteiger partial charge in [0.1, 0.15) is 0 Å². The molecule has 1 heterocycles. The van der Waals surface area contributed by atoms with E-state index in [1.807, 2.05) is 0 Å². The second-order valence-corrected chi connectivity index (χ2v) is 5.57. The Morgan fingerprint density at radius 2 is 2.18 bits per heavy atom. The highest BCUT2D eigenvalue weighted by atomic mass is 16.5. The Morgan fingerprint density at radius 1 is 1.41 bits per heavy atom. The Labute approximate surface area is 107 Å². The molecule has 102 valence electrons. The van der Waals surface area contributed by atoms with Gasteiger partial charge in [-0.05, 0) is 52.6 Å². The summed E-state index contributed by atoms with van der Waals surface area (Å²) in [6.07, 6.45) is 3.79. The predicted molar refractivity (Wildman–Crippen MR) is 73.4 cm³/mol. The minimum atomic E-state index is 0.611. The van der Waals surface area contributed by atoms with Gasteiger partial charge in [0.15, 0.2) is 0 Å². The monoisotopic (exact) mass is 242 g/mol. The topological polar surface area (TPSA) is 24.5 Å². The number of nitrogens with zero attached hydrogens (tertiary/aromatic N) is 1. The highest BCUT2D eigenvalue weighted by molar-refractivity contribution is 4.74. The number of rotatable bonds is 7. The van der Waals surface area contributed by atoms with Gasteiger partial charge in [0.2, 0.25) is 0 Å². The molecule has 0 spiro atoms. The van der Waals surface area contributed by atoms with E-state index in [0.717, 1.165) is 25.7 Å². The maximum Gasteiger partial charge on any atom is 0.0506 e. The van der Waals surface area contributed by atoms with Gasteiger partial charge in [0.05, 0.1) is 6.61 Å². The Hall–Kier alpha value is -0.120. The average Bonchev–Trinajstić information content (AvgIpc) is 2.30. The van der Waals surface area contributed by atoms with E-state index in [4.69, 9.17) is 4.74 Å². The van der Waals surface area contributed by atoms with Gasteiger partial charge in [0.25, 0.3) is 0 Å². The van der Waals surface area contributed by atoms with Crippen LogP contribution in [0.1, 0.15) is 40.0 Å². The molecule has 1 fully saturated rings. The highest BCUT2D eigenvalue weighted by Gasteiger charge is 2.19. The summed E-state index contributed by atoms with van der Waals surface area (Å²) in [4.78, 5) is 2.49. The van der Waals surface area contributed by atoms with Crippen LogP contribution in [0.3, 0.4) is 0 Å². The molecule has 1 N–H and O–H groups in total. The van der Waals surface area contributed by atoms with Crippen molar-refractivity contribution < 1.29 is 4.74 Å². The van der Waals surface area contributed by atoms with Crippen molar-refractivity contribution in [3.63, 3.8) is 0 Å². The van der Waals surface area contributed by atoms with E-state index in [9.17, 15) is 0 Å². The van der Waals surface area contributed by atoms with Crippen molar-refractivity contribution in [3.05, 3.63) is 0 Å². The van der Waals surface area contributed by atoms with Crippen molar-refractivity contribution in [2.24, 2.45) is 5.92 Å². The molecule has 1 saturated heterocycles. The third-order valence-corrected chi connectivity index (χ3v) is 3.80. The minimum absolute atomic E-state index is 0.611. The van der Waals surface area contributed by atoms with E-state index in [0.29, 0.717) is 12.1 Å². The van der Waals surface area contributed by atoms with Crippen molar-refractivity contribution in [1.29, 1.82) is 0 Å². The summed E-state index contributed by atoms with van der Waals surface area (Å²) in [5, 5.41) is 3.48. The second-order valence-electron chi connectivity index (χ2n) is 5.57. The number of hydrogen-bond donors (Lipinski definition) is 1. The lowest BCUT2D eigenvalue weighted by atomic mass is 10.0. The summed E-state index contributed by atoms with van der Waals surface area (Å²) >= 11 is 0. The molecule has 0 aromatic heterocycles. The first-order valence-electron chi connectivity index (χ1n) is 7.14. The lowest BCUT2D eigenvalue weighted by Gasteiger charge is -2.32. The van der Waals surface area contributed by atoms with E-state index in [2.05, 4.69) is 38.0 Å². The quantitative estimate of drug-likeness (QED) is 0.740. The summed E-state index contributed by atoms with van der Waals surface area (Å²) < 4.78 is 5.54. The first-order chi connectivity index (χ1) is 8.13. The fourth-order valence-corrected chi connectivity index (χ4v) is 2.66. The van der Waals surface area contributed by atoms with Crippen molar-refractivity contribution in [2.75, 3.05) is 33.4 Å². The predicted octanol–water partition coefficient (Wildman–Crippen LogP) is 2.12. The molecule has 3 heteroatoms. The summed E-state index contributed by atoms with van der Waals surface area (Å²) in [6.45, 7) is 10.9. The smallest absolute Gasteiger partial charge is 0.0506 e. The van der Waals surface area contributed by atoms with Crippen LogP contribution in [0.4, 0.5) is 0 Å². The van der Waals surface area contributed by atoms with Gasteiger partial charge in [-0.25, -0.2) is 0 Å². The van der Waals surface area contributed by atoms with Crippen molar-refractivity contribution in [1.82, 2.24) is 10.2 Å². The summed E-state index contributed by atoms with van der Waals surface area (Å²) in [7, 11) is 2.25. The molecule has 1 rings (SSSR count). The summed E-state index contributed by atoms with van der Waals surface area (Å²) in [6, 6.07) is 1.26. The van der Waals surface area contributed by atoms with Crippen LogP contribution in [0.2, 0.25) is 0 Å². The minimum Gasteiger partial charge on any atom is -0.381 e.